The average Bonchev–Trinajstić information content (AvgIpc) is 3.17. The van der Waals surface area contributed by atoms with Gasteiger partial charge in [-0.25, -0.2) is 9.79 Å². The molecule has 3 heterocycles. The summed E-state index contributed by atoms with van der Waals surface area (Å²) in [4.78, 5) is 20.5. The van der Waals surface area contributed by atoms with E-state index in [1.807, 2.05) is 53.6 Å². The molecule has 4 rings (SSSR count). The van der Waals surface area contributed by atoms with Crippen molar-refractivity contribution < 1.29 is 9.53 Å². The highest BCUT2D eigenvalue weighted by Gasteiger charge is 2.36. The number of fused-ring (bicyclic) bond motifs is 1. The number of carbonyl (C=O) groups excluding carboxylic acids is 1. The van der Waals surface area contributed by atoms with Gasteiger partial charge in [-0.1, -0.05) is 47.7 Å². The number of halogens is 1. The van der Waals surface area contributed by atoms with Crippen molar-refractivity contribution in [2.45, 2.75) is 25.5 Å². The molecule has 3 aliphatic heterocycles. The van der Waals surface area contributed by atoms with E-state index in [1.165, 1.54) is 0 Å². The van der Waals surface area contributed by atoms with Crippen LogP contribution in [0, 0.1) is 0 Å². The van der Waals surface area contributed by atoms with Gasteiger partial charge in [0.25, 0.3) is 0 Å². The molecule has 3 aliphatic rings. The Morgan fingerprint density at radius 1 is 1.35 bits per heavy atom. The molecule has 1 saturated heterocycles. The van der Waals surface area contributed by atoms with Gasteiger partial charge in [0, 0.05) is 18.9 Å². The van der Waals surface area contributed by atoms with Crippen LogP contribution in [-0.4, -0.2) is 33.7 Å². The summed E-state index contributed by atoms with van der Waals surface area (Å²) in [5, 5.41) is 0.430. The Kier molecular flexibility index (Phi) is 4.65. The third-order valence-electron chi connectivity index (χ3n) is 4.61. The number of amides is 1. The Balaban J connectivity index is 1.49. The highest BCUT2D eigenvalue weighted by atomic mass is 35.5. The highest BCUT2D eigenvalue weighted by Crippen LogP contribution is 2.32. The lowest BCUT2D eigenvalue weighted by molar-refractivity contribution is 0.0941. The predicted molar refractivity (Wildman–Crippen MR) is 100 cm³/mol. The molecular formula is C20H18ClN3O2. The molecule has 0 saturated carbocycles. The van der Waals surface area contributed by atoms with E-state index in [-0.39, 0.29) is 18.7 Å². The quantitative estimate of drug-likeness (QED) is 0.754. The van der Waals surface area contributed by atoms with Crippen LogP contribution < -0.4 is 0 Å². The van der Waals surface area contributed by atoms with Crippen LogP contribution in [0.4, 0.5) is 4.79 Å². The minimum atomic E-state index is -0.303. The van der Waals surface area contributed by atoms with Crippen molar-refractivity contribution in [1.29, 1.82) is 0 Å². The Morgan fingerprint density at radius 2 is 2.19 bits per heavy atom. The first-order chi connectivity index (χ1) is 12.7. The smallest absolute Gasteiger partial charge is 0.410 e. The zero-order valence-electron chi connectivity index (χ0n) is 14.1. The van der Waals surface area contributed by atoms with Gasteiger partial charge in [-0.15, -0.1) is 0 Å². The van der Waals surface area contributed by atoms with Gasteiger partial charge in [-0.3, -0.25) is 4.90 Å². The number of aliphatic imine (C=N–C) groups is 1. The van der Waals surface area contributed by atoms with Crippen molar-refractivity contribution >= 4 is 22.9 Å². The van der Waals surface area contributed by atoms with Crippen LogP contribution in [0.15, 0.2) is 77.0 Å². The molecule has 1 fully saturated rings. The molecule has 0 N–H and O–H groups in total. The molecule has 132 valence electrons. The first kappa shape index (κ1) is 16.7. The molecule has 6 heteroatoms. The summed E-state index contributed by atoms with van der Waals surface area (Å²) in [6.07, 6.45) is 8.68. The fraction of sp³-hybridized carbons (Fsp3) is 0.250. The van der Waals surface area contributed by atoms with Crippen LogP contribution in [0.2, 0.25) is 0 Å². The van der Waals surface area contributed by atoms with E-state index < -0.39 is 0 Å². The lowest BCUT2D eigenvalue weighted by atomic mass is 10.1. The SMILES string of the molecule is O=C(OCc1ccccc1)N1CCCC1C1=C=CC=C2C(Cl)=NC=CN12. The molecule has 1 aromatic carbocycles. The zero-order valence-corrected chi connectivity index (χ0v) is 14.9. The molecule has 1 amide bonds. The van der Waals surface area contributed by atoms with Crippen LogP contribution in [0.25, 0.3) is 0 Å². The monoisotopic (exact) mass is 367 g/mol. The van der Waals surface area contributed by atoms with Crippen LogP contribution >= 0.6 is 11.6 Å². The number of ether oxygens (including phenoxy) is 1. The number of nitrogens with zero attached hydrogens (tertiary/aromatic N) is 3. The van der Waals surface area contributed by atoms with E-state index in [0.717, 1.165) is 29.8 Å². The summed E-state index contributed by atoms with van der Waals surface area (Å²) in [5.74, 6) is 0. The van der Waals surface area contributed by atoms with Gasteiger partial charge >= 0.3 is 6.09 Å². The zero-order chi connectivity index (χ0) is 17.9. The fourth-order valence-electron chi connectivity index (χ4n) is 3.37. The molecule has 0 spiro atoms. The number of hydrogen-bond donors (Lipinski definition) is 0. The molecule has 26 heavy (non-hydrogen) atoms. The maximum Gasteiger partial charge on any atom is 0.410 e. The molecular weight excluding hydrogens is 350 g/mol. The van der Waals surface area contributed by atoms with Crippen molar-refractivity contribution in [3.63, 3.8) is 0 Å². The average molecular weight is 368 g/mol. The highest BCUT2D eigenvalue weighted by molar-refractivity contribution is 6.69. The molecule has 1 aromatic rings. The second kappa shape index (κ2) is 7.24. The van der Waals surface area contributed by atoms with Crippen molar-refractivity contribution in [3.05, 3.63) is 77.6 Å². The standard InChI is InChI=1S/C20H18ClN3O2/c21-19-18-9-4-8-16(23(18)13-11-22-19)17-10-5-12-24(17)20(25)26-14-15-6-2-1-3-7-15/h1-4,6-7,9,11,13,17H,5,10,12,14H2. The van der Waals surface area contributed by atoms with Crippen molar-refractivity contribution in [3.8, 4) is 0 Å². The van der Waals surface area contributed by atoms with Gasteiger partial charge in [0.15, 0.2) is 5.17 Å². The van der Waals surface area contributed by atoms with Gasteiger partial charge in [0.2, 0.25) is 0 Å². The summed E-state index contributed by atoms with van der Waals surface area (Å²) in [6, 6.07) is 9.60. The van der Waals surface area contributed by atoms with Crippen molar-refractivity contribution in [2.75, 3.05) is 6.54 Å². The Bertz CT molecular complexity index is 866. The summed E-state index contributed by atoms with van der Waals surface area (Å²) in [7, 11) is 0. The third-order valence-corrected chi connectivity index (χ3v) is 4.91. The second-order valence-corrected chi connectivity index (χ2v) is 6.59. The summed E-state index contributed by atoms with van der Waals surface area (Å²) >= 11 is 6.20. The number of carbonyl (C=O) groups is 1. The third kappa shape index (κ3) is 3.19. The van der Waals surface area contributed by atoms with Crippen LogP contribution in [0.3, 0.4) is 0 Å². The summed E-state index contributed by atoms with van der Waals surface area (Å²) < 4.78 is 5.52. The normalized spacial score (nSPS) is 21.1. The van der Waals surface area contributed by atoms with Crippen LogP contribution in [-0.2, 0) is 11.3 Å². The van der Waals surface area contributed by atoms with E-state index in [0.29, 0.717) is 11.7 Å². The topological polar surface area (TPSA) is 45.1 Å². The molecule has 1 unspecified atom stereocenters. The minimum Gasteiger partial charge on any atom is -0.445 e. The Morgan fingerprint density at radius 3 is 3.04 bits per heavy atom. The number of allylic oxidation sites excluding steroid dienone is 2. The van der Waals surface area contributed by atoms with E-state index in [9.17, 15) is 4.79 Å². The molecule has 0 radical (unpaired) electrons. The lowest BCUT2D eigenvalue weighted by Gasteiger charge is -2.34. The van der Waals surface area contributed by atoms with Gasteiger partial charge in [-0.05, 0) is 30.6 Å². The minimum absolute atomic E-state index is 0.0922. The van der Waals surface area contributed by atoms with Gasteiger partial charge in [0.05, 0.1) is 17.4 Å². The van der Waals surface area contributed by atoms with Gasteiger partial charge in [-0.2, -0.15) is 0 Å². The first-order valence-electron chi connectivity index (χ1n) is 8.58. The van der Waals surface area contributed by atoms with Crippen molar-refractivity contribution in [1.82, 2.24) is 9.80 Å². The van der Waals surface area contributed by atoms with Crippen LogP contribution in [0.1, 0.15) is 18.4 Å². The Labute approximate surface area is 157 Å². The molecule has 0 aromatic heterocycles. The second-order valence-electron chi connectivity index (χ2n) is 6.23. The van der Waals surface area contributed by atoms with E-state index in [1.54, 1.807) is 11.1 Å². The summed E-state index contributed by atoms with van der Waals surface area (Å²) in [6.45, 7) is 0.937. The van der Waals surface area contributed by atoms with Crippen molar-refractivity contribution in [2.24, 2.45) is 4.99 Å². The maximum atomic E-state index is 12.6. The number of benzene rings is 1. The molecule has 1 atom stereocenters. The Hall–Kier alpha value is -2.75. The van der Waals surface area contributed by atoms with E-state index in [2.05, 4.69) is 10.7 Å². The van der Waals surface area contributed by atoms with E-state index in [4.69, 9.17) is 16.3 Å². The largest absolute Gasteiger partial charge is 0.445 e. The number of rotatable bonds is 3. The predicted octanol–water partition coefficient (Wildman–Crippen LogP) is 4.15. The van der Waals surface area contributed by atoms with Crippen LogP contribution in [0.5, 0.6) is 0 Å². The molecule has 5 nitrogen and oxygen atoms in total. The number of hydrogen-bond acceptors (Lipinski definition) is 4. The maximum absolute atomic E-state index is 12.6. The summed E-state index contributed by atoms with van der Waals surface area (Å²) in [5.41, 5.74) is 5.93. The van der Waals surface area contributed by atoms with Gasteiger partial charge < -0.3 is 9.64 Å². The molecule has 0 aliphatic carbocycles. The van der Waals surface area contributed by atoms with E-state index >= 15 is 0 Å². The van der Waals surface area contributed by atoms with Gasteiger partial charge in [0.1, 0.15) is 6.61 Å². The lowest BCUT2D eigenvalue weighted by Crippen LogP contribution is -2.41. The first-order valence-corrected chi connectivity index (χ1v) is 8.95. The fourth-order valence-corrected chi connectivity index (χ4v) is 3.58. The molecule has 0 bridgehead atoms. The number of likely N-dealkylation sites (tertiary alicyclic amines) is 1.